The van der Waals surface area contributed by atoms with Gasteiger partial charge in [0.25, 0.3) is 5.91 Å². The lowest BCUT2D eigenvalue weighted by atomic mass is 10.2. The maximum atomic E-state index is 11.9. The highest BCUT2D eigenvalue weighted by atomic mass is 16.5. The molecule has 0 atom stereocenters. The molecule has 0 spiro atoms. The van der Waals surface area contributed by atoms with Crippen LogP contribution < -0.4 is 10.1 Å². The number of carbonyl (C=O) groups excluding carboxylic acids is 1. The molecule has 0 aliphatic heterocycles. The van der Waals surface area contributed by atoms with Gasteiger partial charge in [0.1, 0.15) is 11.4 Å². The van der Waals surface area contributed by atoms with Crippen LogP contribution in [0.3, 0.4) is 0 Å². The molecule has 3 aromatic rings. The van der Waals surface area contributed by atoms with Gasteiger partial charge in [-0.15, -0.1) is 5.10 Å². The Morgan fingerprint density at radius 1 is 1.29 bits per heavy atom. The normalized spacial score (nSPS) is 9.96. The fourth-order valence-corrected chi connectivity index (χ4v) is 1.90. The van der Waals surface area contributed by atoms with Gasteiger partial charge in [-0.25, -0.2) is 0 Å². The van der Waals surface area contributed by atoms with Crippen LogP contribution in [0.25, 0.3) is 11.5 Å². The number of hydrogen-bond donors (Lipinski definition) is 2. The van der Waals surface area contributed by atoms with Crippen molar-refractivity contribution >= 4 is 11.9 Å². The van der Waals surface area contributed by atoms with E-state index in [9.17, 15) is 4.79 Å². The summed E-state index contributed by atoms with van der Waals surface area (Å²) in [6.45, 7) is -0.220. The van der Waals surface area contributed by atoms with E-state index in [0.29, 0.717) is 22.8 Å². The Kier molecular flexibility index (Phi) is 4.44. The molecule has 0 radical (unpaired) electrons. The molecule has 0 fully saturated rings. The zero-order valence-electron chi connectivity index (χ0n) is 12.4. The van der Waals surface area contributed by atoms with E-state index in [2.05, 4.69) is 25.5 Å². The number of rotatable bonds is 5. The van der Waals surface area contributed by atoms with Crippen molar-refractivity contribution in [2.75, 3.05) is 11.9 Å². The van der Waals surface area contributed by atoms with Gasteiger partial charge in [0, 0.05) is 6.20 Å². The monoisotopic (exact) mass is 320 g/mol. The highest BCUT2D eigenvalue weighted by molar-refractivity contribution is 5.90. The summed E-state index contributed by atoms with van der Waals surface area (Å²) in [6, 6.07) is 14.0. The second-order valence-electron chi connectivity index (χ2n) is 4.70. The average molecular weight is 320 g/mol. The van der Waals surface area contributed by atoms with E-state index in [1.54, 1.807) is 42.6 Å². The number of anilines is 1. The molecule has 0 aliphatic rings. The summed E-state index contributed by atoms with van der Waals surface area (Å²) in [5, 5.41) is 18.0. The lowest BCUT2D eigenvalue weighted by Crippen LogP contribution is -2.20. The Morgan fingerprint density at radius 2 is 2.21 bits per heavy atom. The molecule has 0 saturated carbocycles. The van der Waals surface area contributed by atoms with Crippen LogP contribution in [-0.4, -0.2) is 32.7 Å². The predicted molar refractivity (Wildman–Crippen MR) is 84.9 cm³/mol. The molecule has 0 saturated heterocycles. The minimum atomic E-state index is -0.413. The topological polar surface area (TPSA) is 117 Å². The number of amides is 1. The van der Waals surface area contributed by atoms with Crippen molar-refractivity contribution in [1.29, 1.82) is 5.26 Å². The Bertz CT molecular complexity index is 885. The number of nitrogens with zero attached hydrogens (tertiary/aromatic N) is 4. The number of hydrogen-bond acceptors (Lipinski definition) is 6. The molecule has 24 heavy (non-hydrogen) atoms. The van der Waals surface area contributed by atoms with Crippen molar-refractivity contribution < 1.29 is 9.53 Å². The van der Waals surface area contributed by atoms with Gasteiger partial charge in [-0.3, -0.25) is 20.2 Å². The van der Waals surface area contributed by atoms with Gasteiger partial charge in [0.2, 0.25) is 5.95 Å². The van der Waals surface area contributed by atoms with Crippen LogP contribution in [0.4, 0.5) is 5.95 Å². The number of nitrogens with one attached hydrogen (secondary N) is 2. The first kappa shape index (κ1) is 15.2. The summed E-state index contributed by atoms with van der Waals surface area (Å²) < 4.78 is 5.33. The van der Waals surface area contributed by atoms with Gasteiger partial charge < -0.3 is 4.74 Å². The minimum absolute atomic E-state index is 0.134. The van der Waals surface area contributed by atoms with Crippen molar-refractivity contribution in [3.8, 4) is 23.3 Å². The van der Waals surface area contributed by atoms with E-state index in [0.717, 1.165) is 0 Å². The first-order valence-corrected chi connectivity index (χ1v) is 7.01. The molecule has 2 heterocycles. The summed E-state index contributed by atoms with van der Waals surface area (Å²) in [7, 11) is 0. The molecule has 1 amide bonds. The zero-order chi connectivity index (χ0) is 16.8. The van der Waals surface area contributed by atoms with Gasteiger partial charge in [-0.1, -0.05) is 12.1 Å². The molecule has 118 valence electrons. The quantitative estimate of drug-likeness (QED) is 0.739. The molecule has 8 nitrogen and oxygen atoms in total. The maximum Gasteiger partial charge on any atom is 0.264 e. The predicted octanol–water partition coefficient (Wildman–Crippen LogP) is 1.76. The molecular formula is C16H12N6O2. The molecule has 0 aliphatic carbocycles. The third kappa shape index (κ3) is 3.72. The summed E-state index contributed by atoms with van der Waals surface area (Å²) in [5.74, 6) is 0.612. The Morgan fingerprint density at radius 3 is 3.00 bits per heavy atom. The van der Waals surface area contributed by atoms with Crippen molar-refractivity contribution in [3.05, 3.63) is 54.2 Å². The number of H-pyrrole nitrogens is 1. The van der Waals surface area contributed by atoms with Gasteiger partial charge in [0.05, 0.1) is 11.6 Å². The highest BCUT2D eigenvalue weighted by Crippen LogP contribution is 2.13. The molecule has 0 bridgehead atoms. The van der Waals surface area contributed by atoms with Gasteiger partial charge in [-0.05, 0) is 30.3 Å². The van der Waals surface area contributed by atoms with Gasteiger partial charge in [0.15, 0.2) is 12.4 Å². The molecule has 1 aromatic carbocycles. The Balaban J connectivity index is 1.57. The molecular weight excluding hydrogens is 308 g/mol. The minimum Gasteiger partial charge on any atom is -0.484 e. The van der Waals surface area contributed by atoms with Crippen molar-refractivity contribution in [3.63, 3.8) is 0 Å². The molecule has 0 unspecified atom stereocenters. The van der Waals surface area contributed by atoms with Crippen LogP contribution in [0.5, 0.6) is 5.75 Å². The first-order valence-electron chi connectivity index (χ1n) is 7.01. The number of ether oxygens (including phenoxy) is 1. The van der Waals surface area contributed by atoms with Gasteiger partial charge in [-0.2, -0.15) is 10.2 Å². The number of carbonyl (C=O) groups is 1. The van der Waals surface area contributed by atoms with E-state index in [-0.39, 0.29) is 12.6 Å². The number of aromatic amines is 1. The molecule has 8 heteroatoms. The lowest BCUT2D eigenvalue weighted by Gasteiger charge is -2.05. The van der Waals surface area contributed by atoms with E-state index in [4.69, 9.17) is 10.00 Å². The van der Waals surface area contributed by atoms with Crippen LogP contribution in [0.1, 0.15) is 5.56 Å². The molecule has 2 N–H and O–H groups in total. The second kappa shape index (κ2) is 7.02. The summed E-state index contributed by atoms with van der Waals surface area (Å²) in [6.07, 6.45) is 1.64. The fraction of sp³-hybridized carbons (Fsp3) is 0.0625. The number of pyridine rings is 1. The molecule has 2 aromatic heterocycles. The number of benzene rings is 1. The largest absolute Gasteiger partial charge is 0.484 e. The third-order valence-corrected chi connectivity index (χ3v) is 2.98. The van der Waals surface area contributed by atoms with Crippen LogP contribution >= 0.6 is 0 Å². The van der Waals surface area contributed by atoms with E-state index in [1.165, 1.54) is 0 Å². The van der Waals surface area contributed by atoms with Crippen molar-refractivity contribution in [2.45, 2.75) is 0 Å². The van der Waals surface area contributed by atoms with Crippen LogP contribution in [-0.2, 0) is 4.79 Å². The fourth-order valence-electron chi connectivity index (χ4n) is 1.90. The third-order valence-electron chi connectivity index (χ3n) is 2.98. The van der Waals surface area contributed by atoms with Gasteiger partial charge >= 0.3 is 0 Å². The molecule has 3 rings (SSSR count). The van der Waals surface area contributed by atoms with Crippen LogP contribution in [0.15, 0.2) is 48.7 Å². The van der Waals surface area contributed by atoms with E-state index in [1.807, 2.05) is 12.1 Å². The van der Waals surface area contributed by atoms with E-state index >= 15 is 0 Å². The SMILES string of the molecule is N#Cc1cccc(OCC(=O)Nc2n[nH]c(-c3ccccn3)n2)c1. The van der Waals surface area contributed by atoms with Crippen LogP contribution in [0.2, 0.25) is 0 Å². The second-order valence-corrected chi connectivity index (χ2v) is 4.70. The zero-order valence-corrected chi connectivity index (χ0v) is 12.4. The average Bonchev–Trinajstić information content (AvgIpc) is 3.09. The van der Waals surface area contributed by atoms with Crippen LogP contribution in [0, 0.1) is 11.3 Å². The summed E-state index contributed by atoms with van der Waals surface area (Å²) >= 11 is 0. The number of aromatic nitrogens is 4. The summed E-state index contributed by atoms with van der Waals surface area (Å²) in [4.78, 5) is 20.2. The Hall–Kier alpha value is -3.73. The smallest absolute Gasteiger partial charge is 0.264 e. The lowest BCUT2D eigenvalue weighted by molar-refractivity contribution is -0.118. The first-order chi connectivity index (χ1) is 11.7. The van der Waals surface area contributed by atoms with E-state index < -0.39 is 5.91 Å². The van der Waals surface area contributed by atoms with Crippen molar-refractivity contribution in [1.82, 2.24) is 20.2 Å². The maximum absolute atomic E-state index is 11.9. The standard InChI is InChI=1S/C16H12N6O2/c17-9-11-4-3-5-12(8-11)24-10-14(23)19-16-20-15(21-22-16)13-6-1-2-7-18-13/h1-8H,10H2,(H2,19,20,21,22,23). The Labute approximate surface area is 137 Å². The number of nitriles is 1. The summed E-state index contributed by atoms with van der Waals surface area (Å²) in [5.41, 5.74) is 1.08. The highest BCUT2D eigenvalue weighted by Gasteiger charge is 2.10. The van der Waals surface area contributed by atoms with Crippen molar-refractivity contribution in [2.24, 2.45) is 0 Å².